The molecular formula is C38H62B3BrN4O8. The highest BCUT2D eigenvalue weighted by molar-refractivity contribution is 9.10. The molecule has 3 aliphatic heterocycles. The fourth-order valence-electron chi connectivity index (χ4n) is 5.50. The predicted molar refractivity (Wildman–Crippen MR) is 219 cm³/mol. The van der Waals surface area contributed by atoms with Gasteiger partial charge in [-0.3, -0.25) is 14.6 Å². The molecule has 5 heterocycles. The first kappa shape index (κ1) is 46.1. The van der Waals surface area contributed by atoms with E-state index in [1.807, 2.05) is 123 Å². The SMILES string of the molecule is CC1(C)OB(B2OC(C)(C)C(C)(C)O2)OC1(C)C.CCN(CC)C(=O)c1ccc(B2OC(C)(C)C(C)(C)O2)cn1.CCN(CC)C(=O)c1ccc(Br)cn1. The molecule has 2 aromatic heterocycles. The minimum absolute atomic E-state index is 0.0116. The number of aromatic nitrogens is 2. The maximum absolute atomic E-state index is 12.2. The number of hydrogen-bond acceptors (Lipinski definition) is 10. The summed E-state index contributed by atoms with van der Waals surface area (Å²) < 4.78 is 36.7. The van der Waals surface area contributed by atoms with Gasteiger partial charge in [0.05, 0.1) is 33.6 Å². The maximum atomic E-state index is 12.2. The van der Waals surface area contributed by atoms with Crippen molar-refractivity contribution in [3.63, 3.8) is 0 Å². The summed E-state index contributed by atoms with van der Waals surface area (Å²) in [4.78, 5) is 35.8. The zero-order valence-electron chi connectivity index (χ0n) is 35.5. The van der Waals surface area contributed by atoms with Gasteiger partial charge in [-0.25, -0.2) is 4.98 Å². The lowest BCUT2D eigenvalue weighted by atomic mass is 9.49. The minimum Gasteiger partial charge on any atom is -0.405 e. The largest absolute Gasteiger partial charge is 0.496 e. The predicted octanol–water partition coefficient (Wildman–Crippen LogP) is 6.44. The van der Waals surface area contributed by atoms with Crippen LogP contribution in [0.5, 0.6) is 0 Å². The van der Waals surface area contributed by atoms with E-state index in [0.29, 0.717) is 37.6 Å². The Bertz CT molecular complexity index is 1490. The topological polar surface area (TPSA) is 122 Å². The Morgan fingerprint density at radius 3 is 1.13 bits per heavy atom. The third kappa shape index (κ3) is 10.3. The quantitative estimate of drug-likeness (QED) is 0.276. The summed E-state index contributed by atoms with van der Waals surface area (Å²) in [6.45, 7) is 34.9. The molecule has 2 aromatic rings. The molecule has 0 atom stereocenters. The molecule has 3 saturated heterocycles. The molecule has 54 heavy (non-hydrogen) atoms. The molecule has 0 N–H and O–H groups in total. The van der Waals surface area contributed by atoms with E-state index < -0.39 is 21.1 Å². The molecule has 5 rings (SSSR count). The lowest BCUT2D eigenvalue weighted by molar-refractivity contribution is 0.00578. The average molecular weight is 815 g/mol. The number of carbonyl (C=O) groups is 2. The zero-order valence-corrected chi connectivity index (χ0v) is 37.0. The van der Waals surface area contributed by atoms with Crippen molar-refractivity contribution in [1.29, 1.82) is 0 Å². The van der Waals surface area contributed by atoms with Crippen LogP contribution in [0.25, 0.3) is 0 Å². The Labute approximate surface area is 333 Å². The van der Waals surface area contributed by atoms with E-state index in [0.717, 1.165) is 9.94 Å². The van der Waals surface area contributed by atoms with Crippen molar-refractivity contribution in [2.24, 2.45) is 0 Å². The molecule has 2 amide bonds. The Morgan fingerprint density at radius 2 is 0.852 bits per heavy atom. The fourth-order valence-corrected chi connectivity index (χ4v) is 5.73. The summed E-state index contributed by atoms with van der Waals surface area (Å²) in [6.07, 6.45) is 3.30. The standard InChI is InChI=1S/C16H25BN2O3.C12H24B2O4.C10H13BrN2O/c1-7-19(8-2)14(20)13-10-9-12(11-18-13)17-21-15(3,4)16(5,6)22-17;1-9(2)10(3,4)16-13(15-9)14-17-11(5,6)12(7,8)18-14;1-3-13(4-2)10(14)9-6-5-8(11)7-12-9/h9-11H,7-8H2,1-6H3;1-8H3;5-7H,3-4H2,1-2H3. The molecule has 3 aliphatic rings. The first-order chi connectivity index (χ1) is 24.8. The van der Waals surface area contributed by atoms with Gasteiger partial charge >= 0.3 is 21.1 Å². The van der Waals surface area contributed by atoms with Gasteiger partial charge in [-0.05, 0) is 145 Å². The number of halogens is 1. The molecule has 3 fully saturated rings. The molecule has 0 aliphatic carbocycles. The van der Waals surface area contributed by atoms with Crippen LogP contribution in [0.4, 0.5) is 0 Å². The Kier molecular flexibility index (Phi) is 14.9. The zero-order chi connectivity index (χ0) is 41.1. The van der Waals surface area contributed by atoms with E-state index in [2.05, 4.69) is 25.9 Å². The maximum Gasteiger partial charge on any atom is 0.496 e. The molecule has 0 bridgehead atoms. The van der Waals surface area contributed by atoms with Crippen LogP contribution in [0.3, 0.4) is 0 Å². The summed E-state index contributed by atoms with van der Waals surface area (Å²) in [5.74, 6) is -0.0621. The van der Waals surface area contributed by atoms with E-state index in [4.69, 9.17) is 27.9 Å². The van der Waals surface area contributed by atoms with Gasteiger partial charge in [-0.2, -0.15) is 0 Å². The van der Waals surface area contributed by atoms with Gasteiger partial charge in [0, 0.05) is 48.5 Å². The van der Waals surface area contributed by atoms with Crippen molar-refractivity contribution in [3.05, 3.63) is 52.5 Å². The second-order valence-corrected chi connectivity index (χ2v) is 17.5. The number of pyridine rings is 2. The molecule has 12 nitrogen and oxygen atoms in total. The first-order valence-electron chi connectivity index (χ1n) is 19.0. The van der Waals surface area contributed by atoms with Gasteiger partial charge in [-0.1, -0.05) is 6.07 Å². The third-order valence-corrected chi connectivity index (χ3v) is 11.8. The average Bonchev–Trinajstić information content (AvgIpc) is 3.55. The molecule has 298 valence electrons. The van der Waals surface area contributed by atoms with Crippen LogP contribution in [0.1, 0.15) is 132 Å². The Morgan fingerprint density at radius 1 is 0.537 bits per heavy atom. The van der Waals surface area contributed by atoms with Crippen LogP contribution in [0.2, 0.25) is 0 Å². The highest BCUT2D eigenvalue weighted by Gasteiger charge is 2.63. The Hall–Kier alpha value is -2.33. The van der Waals surface area contributed by atoms with Crippen LogP contribution in [-0.4, -0.2) is 113 Å². The van der Waals surface area contributed by atoms with Crippen LogP contribution in [-0.2, 0) is 27.9 Å². The van der Waals surface area contributed by atoms with E-state index in [-0.39, 0.29) is 45.4 Å². The van der Waals surface area contributed by atoms with Crippen molar-refractivity contribution >= 4 is 54.3 Å². The van der Waals surface area contributed by atoms with Crippen LogP contribution in [0, 0.1) is 0 Å². The van der Waals surface area contributed by atoms with E-state index in [9.17, 15) is 9.59 Å². The monoisotopic (exact) mass is 814 g/mol. The number of hydrogen-bond donors (Lipinski definition) is 0. The second-order valence-electron chi connectivity index (χ2n) is 16.6. The summed E-state index contributed by atoms with van der Waals surface area (Å²) in [5, 5.41) is 0. The number of rotatable bonds is 8. The molecule has 0 radical (unpaired) electrons. The molecule has 0 unspecified atom stereocenters. The van der Waals surface area contributed by atoms with Crippen LogP contribution in [0.15, 0.2) is 41.1 Å². The molecule has 16 heteroatoms. The van der Waals surface area contributed by atoms with Crippen LogP contribution >= 0.6 is 15.9 Å². The normalized spacial score (nSPS) is 21.1. The van der Waals surface area contributed by atoms with E-state index in [1.165, 1.54) is 0 Å². The van der Waals surface area contributed by atoms with Gasteiger partial charge in [0.2, 0.25) is 0 Å². The lowest BCUT2D eigenvalue weighted by Gasteiger charge is -2.32. The highest BCUT2D eigenvalue weighted by Crippen LogP contribution is 2.43. The van der Waals surface area contributed by atoms with Gasteiger partial charge < -0.3 is 37.7 Å². The minimum atomic E-state index is -0.476. The van der Waals surface area contributed by atoms with Crippen LogP contribution < -0.4 is 5.46 Å². The van der Waals surface area contributed by atoms with Crippen molar-refractivity contribution in [1.82, 2.24) is 19.8 Å². The van der Waals surface area contributed by atoms with Gasteiger partial charge in [0.15, 0.2) is 0 Å². The van der Waals surface area contributed by atoms with Crippen molar-refractivity contribution in [3.8, 4) is 0 Å². The molecular weight excluding hydrogens is 753 g/mol. The van der Waals surface area contributed by atoms with Crippen molar-refractivity contribution < 1.29 is 37.5 Å². The van der Waals surface area contributed by atoms with Gasteiger partial charge in [0.25, 0.3) is 11.8 Å². The summed E-state index contributed by atoms with van der Waals surface area (Å²) >= 11 is 3.28. The first-order valence-corrected chi connectivity index (χ1v) is 19.8. The van der Waals surface area contributed by atoms with Crippen molar-refractivity contribution in [2.75, 3.05) is 26.2 Å². The number of nitrogens with zero attached hydrogens (tertiary/aromatic N) is 4. The highest BCUT2D eigenvalue weighted by atomic mass is 79.9. The molecule has 0 saturated carbocycles. The number of carbonyl (C=O) groups excluding carboxylic acids is 2. The molecule has 0 spiro atoms. The number of amides is 2. The molecule has 0 aromatic carbocycles. The lowest BCUT2D eigenvalue weighted by Crippen LogP contribution is -2.41. The Balaban J connectivity index is 0.000000224. The fraction of sp³-hybridized carbons (Fsp3) is 0.684. The van der Waals surface area contributed by atoms with E-state index >= 15 is 0 Å². The van der Waals surface area contributed by atoms with Gasteiger partial charge in [0.1, 0.15) is 11.4 Å². The summed E-state index contributed by atoms with van der Waals surface area (Å²) in [6, 6.07) is 7.14. The summed E-state index contributed by atoms with van der Waals surface area (Å²) in [7, 11) is -1.40. The second kappa shape index (κ2) is 17.4. The summed E-state index contributed by atoms with van der Waals surface area (Å²) in [5.41, 5.74) is -0.429. The van der Waals surface area contributed by atoms with Crippen molar-refractivity contribution in [2.45, 2.75) is 144 Å². The smallest absolute Gasteiger partial charge is 0.405 e. The third-order valence-electron chi connectivity index (χ3n) is 11.3. The van der Waals surface area contributed by atoms with E-state index in [1.54, 1.807) is 34.3 Å². The van der Waals surface area contributed by atoms with Gasteiger partial charge in [-0.15, -0.1) is 0 Å².